The van der Waals surface area contributed by atoms with E-state index in [0.29, 0.717) is 24.3 Å². The van der Waals surface area contributed by atoms with Crippen molar-refractivity contribution >= 4 is 5.91 Å². The van der Waals surface area contributed by atoms with Gasteiger partial charge in [-0.2, -0.15) is 0 Å². The molecular formula is C12H21NO2. The van der Waals surface area contributed by atoms with E-state index in [4.69, 9.17) is 0 Å². The topological polar surface area (TPSA) is 40.5 Å². The van der Waals surface area contributed by atoms with E-state index in [-0.39, 0.29) is 6.10 Å². The second kappa shape index (κ2) is 4.52. The predicted molar refractivity (Wildman–Crippen MR) is 58.4 cm³/mol. The number of hydrogen-bond donors (Lipinski definition) is 1. The highest BCUT2D eigenvalue weighted by atomic mass is 16.3. The quantitative estimate of drug-likeness (QED) is 0.753. The minimum absolute atomic E-state index is 0.189. The zero-order valence-electron chi connectivity index (χ0n) is 9.48. The minimum Gasteiger partial charge on any atom is -0.393 e. The van der Waals surface area contributed by atoms with Crippen LogP contribution in [0.3, 0.4) is 0 Å². The summed E-state index contributed by atoms with van der Waals surface area (Å²) in [6.45, 7) is 3.10. The van der Waals surface area contributed by atoms with Crippen LogP contribution in [0.15, 0.2) is 0 Å². The van der Waals surface area contributed by atoms with E-state index in [9.17, 15) is 9.90 Å². The van der Waals surface area contributed by atoms with Crippen LogP contribution < -0.4 is 0 Å². The first-order valence-electron chi connectivity index (χ1n) is 6.20. The summed E-state index contributed by atoms with van der Waals surface area (Å²) in [5.74, 6) is 0.906. The molecule has 3 atom stereocenters. The molecule has 2 fully saturated rings. The van der Waals surface area contributed by atoms with Gasteiger partial charge in [-0.15, -0.1) is 0 Å². The Balaban J connectivity index is 2.05. The molecule has 0 aromatic carbocycles. The van der Waals surface area contributed by atoms with Crippen LogP contribution in [0.2, 0.25) is 0 Å². The molecule has 1 aliphatic heterocycles. The lowest BCUT2D eigenvalue weighted by atomic mass is 9.80. The molecule has 0 spiro atoms. The summed E-state index contributed by atoms with van der Waals surface area (Å²) < 4.78 is 0. The van der Waals surface area contributed by atoms with Crippen LogP contribution in [0.5, 0.6) is 0 Å². The van der Waals surface area contributed by atoms with E-state index >= 15 is 0 Å². The van der Waals surface area contributed by atoms with Crippen molar-refractivity contribution in [3.05, 3.63) is 0 Å². The third-order valence-electron chi connectivity index (χ3n) is 3.96. The molecular weight excluding hydrogens is 190 g/mol. The van der Waals surface area contributed by atoms with Gasteiger partial charge in [-0.3, -0.25) is 4.79 Å². The summed E-state index contributed by atoms with van der Waals surface area (Å²) in [5.41, 5.74) is 0. The van der Waals surface area contributed by atoms with Gasteiger partial charge >= 0.3 is 0 Å². The van der Waals surface area contributed by atoms with Crippen LogP contribution >= 0.6 is 0 Å². The fraction of sp³-hybridized carbons (Fsp3) is 0.917. The van der Waals surface area contributed by atoms with Crippen molar-refractivity contribution in [3.63, 3.8) is 0 Å². The monoisotopic (exact) mass is 211 g/mol. The normalized spacial score (nSPS) is 37.3. The minimum atomic E-state index is -0.189. The van der Waals surface area contributed by atoms with Crippen molar-refractivity contribution in [1.29, 1.82) is 0 Å². The summed E-state index contributed by atoms with van der Waals surface area (Å²) >= 11 is 0. The fourth-order valence-corrected chi connectivity index (χ4v) is 3.07. The molecule has 2 rings (SSSR count). The molecule has 3 unspecified atom stereocenters. The third-order valence-corrected chi connectivity index (χ3v) is 3.96. The van der Waals surface area contributed by atoms with E-state index in [1.807, 2.05) is 4.90 Å². The largest absolute Gasteiger partial charge is 0.393 e. The van der Waals surface area contributed by atoms with Gasteiger partial charge in [0.05, 0.1) is 6.10 Å². The molecule has 0 bridgehead atoms. The number of hydrogen-bond acceptors (Lipinski definition) is 2. The summed E-state index contributed by atoms with van der Waals surface area (Å²) in [4.78, 5) is 13.7. The Morgan fingerprint density at radius 1 is 1.47 bits per heavy atom. The van der Waals surface area contributed by atoms with Gasteiger partial charge in [0.1, 0.15) is 0 Å². The number of rotatable bonds is 2. The number of amides is 1. The molecule has 3 heteroatoms. The first kappa shape index (κ1) is 10.9. The highest BCUT2D eigenvalue weighted by Crippen LogP contribution is 2.33. The predicted octanol–water partition coefficient (Wildman–Crippen LogP) is 1.55. The Morgan fingerprint density at radius 2 is 2.27 bits per heavy atom. The summed E-state index contributed by atoms with van der Waals surface area (Å²) in [7, 11) is 0. The molecule has 2 aliphatic rings. The number of carbonyl (C=O) groups is 1. The average molecular weight is 211 g/mol. The molecule has 1 heterocycles. The van der Waals surface area contributed by atoms with E-state index < -0.39 is 0 Å². The van der Waals surface area contributed by atoms with E-state index in [0.717, 1.165) is 38.6 Å². The van der Waals surface area contributed by atoms with Crippen molar-refractivity contribution in [2.24, 2.45) is 5.92 Å². The van der Waals surface area contributed by atoms with Gasteiger partial charge in [0.2, 0.25) is 5.91 Å². The first-order valence-corrected chi connectivity index (χ1v) is 6.20. The molecule has 1 saturated heterocycles. The lowest BCUT2D eigenvalue weighted by Gasteiger charge is -2.39. The lowest BCUT2D eigenvalue weighted by molar-refractivity contribution is -0.132. The fourth-order valence-electron chi connectivity index (χ4n) is 3.07. The lowest BCUT2D eigenvalue weighted by Crippen LogP contribution is -2.46. The van der Waals surface area contributed by atoms with Gasteiger partial charge in [-0.25, -0.2) is 0 Å². The molecule has 1 aliphatic carbocycles. The van der Waals surface area contributed by atoms with Crippen molar-refractivity contribution in [2.75, 3.05) is 6.54 Å². The SMILES string of the molecule is CCC1CCC(O)CC1N1CCCC1=O. The molecule has 3 nitrogen and oxygen atoms in total. The molecule has 0 aromatic heterocycles. The van der Waals surface area contributed by atoms with Crippen LogP contribution in [0, 0.1) is 5.92 Å². The van der Waals surface area contributed by atoms with Gasteiger partial charge in [-0.05, 0) is 31.6 Å². The molecule has 1 saturated carbocycles. The van der Waals surface area contributed by atoms with Crippen LogP contribution in [0.1, 0.15) is 45.4 Å². The van der Waals surface area contributed by atoms with E-state index in [1.165, 1.54) is 0 Å². The van der Waals surface area contributed by atoms with Crippen LogP contribution in [0.25, 0.3) is 0 Å². The molecule has 1 amide bonds. The summed E-state index contributed by atoms with van der Waals surface area (Å²) in [6.07, 6.45) is 5.44. The molecule has 1 N–H and O–H groups in total. The van der Waals surface area contributed by atoms with E-state index in [1.54, 1.807) is 0 Å². The maximum absolute atomic E-state index is 11.7. The number of aliphatic hydroxyl groups excluding tert-OH is 1. The van der Waals surface area contributed by atoms with Gasteiger partial charge in [0.15, 0.2) is 0 Å². The number of aliphatic hydroxyl groups is 1. The van der Waals surface area contributed by atoms with Crippen molar-refractivity contribution < 1.29 is 9.90 Å². The Labute approximate surface area is 91.5 Å². The maximum atomic E-state index is 11.7. The van der Waals surface area contributed by atoms with Crippen LogP contribution in [0.4, 0.5) is 0 Å². The Morgan fingerprint density at radius 3 is 2.87 bits per heavy atom. The van der Waals surface area contributed by atoms with Crippen LogP contribution in [-0.2, 0) is 4.79 Å². The van der Waals surface area contributed by atoms with E-state index in [2.05, 4.69) is 6.92 Å². The second-order valence-corrected chi connectivity index (χ2v) is 4.89. The highest BCUT2D eigenvalue weighted by molar-refractivity contribution is 5.78. The van der Waals surface area contributed by atoms with Gasteiger partial charge in [-0.1, -0.05) is 13.3 Å². The van der Waals surface area contributed by atoms with Crippen molar-refractivity contribution in [3.8, 4) is 0 Å². The number of nitrogens with zero attached hydrogens (tertiary/aromatic N) is 1. The van der Waals surface area contributed by atoms with Crippen molar-refractivity contribution in [2.45, 2.75) is 57.6 Å². The zero-order valence-corrected chi connectivity index (χ0v) is 9.48. The Kier molecular flexibility index (Phi) is 3.29. The summed E-state index contributed by atoms with van der Waals surface area (Å²) in [6, 6.07) is 0.314. The summed E-state index contributed by atoms with van der Waals surface area (Å²) in [5, 5.41) is 9.70. The standard InChI is InChI=1S/C12H21NO2/c1-2-9-5-6-10(14)8-11(9)13-7-3-4-12(13)15/h9-11,14H,2-8H2,1H3. The molecule has 15 heavy (non-hydrogen) atoms. The van der Waals surface area contributed by atoms with Gasteiger partial charge in [0.25, 0.3) is 0 Å². The second-order valence-electron chi connectivity index (χ2n) is 4.89. The third kappa shape index (κ3) is 2.17. The molecule has 0 aromatic rings. The molecule has 0 radical (unpaired) electrons. The Bertz CT molecular complexity index is 242. The van der Waals surface area contributed by atoms with Crippen molar-refractivity contribution in [1.82, 2.24) is 4.90 Å². The average Bonchev–Trinajstić information content (AvgIpc) is 2.64. The Hall–Kier alpha value is -0.570. The first-order chi connectivity index (χ1) is 7.22. The number of likely N-dealkylation sites (tertiary alicyclic amines) is 1. The molecule has 86 valence electrons. The smallest absolute Gasteiger partial charge is 0.222 e. The van der Waals surface area contributed by atoms with Gasteiger partial charge < -0.3 is 10.0 Å². The van der Waals surface area contributed by atoms with Crippen LogP contribution in [-0.4, -0.2) is 34.6 Å². The van der Waals surface area contributed by atoms with Gasteiger partial charge in [0, 0.05) is 19.0 Å². The number of carbonyl (C=O) groups excluding carboxylic acids is 1. The zero-order chi connectivity index (χ0) is 10.8. The highest BCUT2D eigenvalue weighted by Gasteiger charge is 2.36. The maximum Gasteiger partial charge on any atom is 0.222 e.